The molecule has 0 aliphatic carbocycles. The third-order valence-corrected chi connectivity index (χ3v) is 1.67. The number of hydrogen-bond donors (Lipinski definition) is 0. The van der Waals surface area contributed by atoms with E-state index >= 15 is 0 Å². The molecule has 0 radical (unpaired) electrons. The summed E-state index contributed by atoms with van der Waals surface area (Å²) in [6.07, 6.45) is 4.93. The summed E-state index contributed by atoms with van der Waals surface area (Å²) in [5.41, 5.74) is 1.99. The molecule has 0 bridgehead atoms. The predicted octanol–water partition coefficient (Wildman–Crippen LogP) is 0.726. The van der Waals surface area contributed by atoms with Gasteiger partial charge in [-0.1, -0.05) is 0 Å². The van der Waals surface area contributed by atoms with Crippen LogP contribution in [0, 0.1) is 6.92 Å². The van der Waals surface area contributed by atoms with E-state index < -0.39 is 0 Å². The molecule has 0 N–H and O–H groups in total. The lowest BCUT2D eigenvalue weighted by Gasteiger charge is -1.95. The van der Waals surface area contributed by atoms with E-state index in [9.17, 15) is 0 Å². The van der Waals surface area contributed by atoms with Crippen LogP contribution in [0.3, 0.4) is 0 Å². The molecule has 1 fully saturated rings. The zero-order valence-electron chi connectivity index (χ0n) is 6.45. The highest BCUT2D eigenvalue weighted by atomic mass is 16.6. The van der Waals surface area contributed by atoms with E-state index in [2.05, 4.69) is 9.97 Å². The van der Waals surface area contributed by atoms with Gasteiger partial charge in [0.1, 0.15) is 0 Å². The maximum atomic E-state index is 5.07. The Bertz CT molecular complexity index is 241. The van der Waals surface area contributed by atoms with Crippen LogP contribution < -0.4 is 0 Å². The van der Waals surface area contributed by atoms with E-state index in [0.717, 1.165) is 24.4 Å². The van der Waals surface area contributed by atoms with E-state index in [0.29, 0.717) is 6.10 Å². The van der Waals surface area contributed by atoms with Gasteiger partial charge < -0.3 is 4.74 Å². The maximum Gasteiger partial charge on any atom is 0.0865 e. The van der Waals surface area contributed by atoms with Gasteiger partial charge in [-0.05, 0) is 6.92 Å². The van der Waals surface area contributed by atoms with Crippen LogP contribution in [0.1, 0.15) is 11.4 Å². The molecule has 58 valence electrons. The lowest BCUT2D eigenvalue weighted by molar-refractivity contribution is 0.406. The minimum Gasteiger partial charge on any atom is -0.373 e. The van der Waals surface area contributed by atoms with Crippen LogP contribution in [0.15, 0.2) is 12.4 Å². The third-order valence-electron chi connectivity index (χ3n) is 1.67. The van der Waals surface area contributed by atoms with E-state index in [4.69, 9.17) is 4.74 Å². The highest BCUT2D eigenvalue weighted by Gasteiger charge is 2.23. The van der Waals surface area contributed by atoms with Crippen molar-refractivity contribution in [3.8, 4) is 0 Å². The van der Waals surface area contributed by atoms with Crippen molar-refractivity contribution in [1.82, 2.24) is 9.97 Å². The Morgan fingerprint density at radius 2 is 2.36 bits per heavy atom. The Balaban J connectivity index is 2.06. The Labute approximate surface area is 65.4 Å². The van der Waals surface area contributed by atoms with Gasteiger partial charge in [0, 0.05) is 18.8 Å². The topological polar surface area (TPSA) is 38.3 Å². The summed E-state index contributed by atoms with van der Waals surface area (Å²) in [6.45, 7) is 2.82. The number of nitrogens with zero attached hydrogens (tertiary/aromatic N) is 2. The number of hydrogen-bond acceptors (Lipinski definition) is 3. The van der Waals surface area contributed by atoms with Crippen molar-refractivity contribution >= 4 is 0 Å². The van der Waals surface area contributed by atoms with Gasteiger partial charge in [-0.3, -0.25) is 9.97 Å². The van der Waals surface area contributed by atoms with Gasteiger partial charge in [-0.2, -0.15) is 0 Å². The van der Waals surface area contributed by atoms with Gasteiger partial charge in [0.25, 0.3) is 0 Å². The normalized spacial score (nSPS) is 21.7. The standard InChI is InChI=1S/C8H10N2O/c1-6-3-10-7(4-9-6)2-8-5-11-8/h3-4,8H,2,5H2,1H3. The molecule has 3 nitrogen and oxygen atoms in total. The number of rotatable bonds is 2. The van der Waals surface area contributed by atoms with Crippen LogP contribution in [0.4, 0.5) is 0 Å². The van der Waals surface area contributed by atoms with Crippen molar-refractivity contribution in [2.24, 2.45) is 0 Å². The third kappa shape index (κ3) is 1.74. The fourth-order valence-electron chi connectivity index (χ4n) is 0.944. The average molecular weight is 150 g/mol. The molecule has 1 aliphatic rings. The largest absolute Gasteiger partial charge is 0.373 e. The molecule has 1 aromatic rings. The summed E-state index contributed by atoms with van der Waals surface area (Å²) in [4.78, 5) is 8.36. The highest BCUT2D eigenvalue weighted by Crippen LogP contribution is 2.13. The second-order valence-electron chi connectivity index (χ2n) is 2.81. The lowest BCUT2D eigenvalue weighted by atomic mass is 10.2. The first-order valence-corrected chi connectivity index (χ1v) is 3.74. The van der Waals surface area contributed by atoms with E-state index in [1.54, 1.807) is 6.20 Å². The van der Waals surface area contributed by atoms with Crippen LogP contribution in [0.5, 0.6) is 0 Å². The Hall–Kier alpha value is -0.960. The second-order valence-corrected chi connectivity index (χ2v) is 2.81. The molecule has 3 heteroatoms. The average Bonchev–Trinajstić information content (AvgIpc) is 2.78. The van der Waals surface area contributed by atoms with Crippen molar-refractivity contribution in [2.75, 3.05) is 6.61 Å². The molecule has 11 heavy (non-hydrogen) atoms. The van der Waals surface area contributed by atoms with Crippen LogP contribution >= 0.6 is 0 Å². The quantitative estimate of drug-likeness (QED) is 0.583. The predicted molar refractivity (Wildman–Crippen MR) is 40.2 cm³/mol. The molecular formula is C8H10N2O. The zero-order chi connectivity index (χ0) is 7.68. The summed E-state index contributed by atoms with van der Waals surface area (Å²) in [5, 5.41) is 0. The number of epoxide rings is 1. The van der Waals surface area contributed by atoms with Crippen molar-refractivity contribution < 1.29 is 4.74 Å². The fraction of sp³-hybridized carbons (Fsp3) is 0.500. The molecule has 1 aromatic heterocycles. The minimum atomic E-state index is 0.409. The van der Waals surface area contributed by atoms with Crippen LogP contribution in [0.2, 0.25) is 0 Å². The first-order valence-electron chi connectivity index (χ1n) is 3.74. The molecule has 0 spiro atoms. The Morgan fingerprint density at radius 1 is 1.55 bits per heavy atom. The smallest absolute Gasteiger partial charge is 0.0865 e. The first kappa shape index (κ1) is 6.73. The molecule has 1 atom stereocenters. The molecule has 0 aromatic carbocycles. The van der Waals surface area contributed by atoms with Crippen LogP contribution in [0.25, 0.3) is 0 Å². The van der Waals surface area contributed by atoms with Crippen molar-refractivity contribution in [1.29, 1.82) is 0 Å². The molecule has 0 amide bonds. The SMILES string of the molecule is Cc1cnc(CC2CO2)cn1. The van der Waals surface area contributed by atoms with Gasteiger partial charge >= 0.3 is 0 Å². The van der Waals surface area contributed by atoms with E-state index in [1.807, 2.05) is 13.1 Å². The molecule has 1 unspecified atom stereocenters. The number of aromatic nitrogens is 2. The fourth-order valence-corrected chi connectivity index (χ4v) is 0.944. The first-order chi connectivity index (χ1) is 5.34. The summed E-state index contributed by atoms with van der Waals surface area (Å²) < 4.78 is 5.07. The van der Waals surface area contributed by atoms with Crippen molar-refractivity contribution in [3.63, 3.8) is 0 Å². The summed E-state index contributed by atoms with van der Waals surface area (Å²) in [5.74, 6) is 0. The summed E-state index contributed by atoms with van der Waals surface area (Å²) in [7, 11) is 0. The highest BCUT2D eigenvalue weighted by molar-refractivity contribution is 5.03. The molecule has 0 saturated carbocycles. The summed E-state index contributed by atoms with van der Waals surface area (Å²) in [6, 6.07) is 0. The number of ether oxygens (including phenoxy) is 1. The number of aryl methyl sites for hydroxylation is 1. The Morgan fingerprint density at radius 3 is 2.91 bits per heavy atom. The minimum absolute atomic E-state index is 0.409. The molecule has 2 rings (SSSR count). The van der Waals surface area contributed by atoms with Gasteiger partial charge in [0.2, 0.25) is 0 Å². The summed E-state index contributed by atoms with van der Waals surface area (Å²) >= 11 is 0. The molecule has 2 heterocycles. The lowest BCUT2D eigenvalue weighted by Crippen LogP contribution is -1.97. The van der Waals surface area contributed by atoms with Gasteiger partial charge in [-0.15, -0.1) is 0 Å². The van der Waals surface area contributed by atoms with Crippen molar-refractivity contribution in [3.05, 3.63) is 23.8 Å². The van der Waals surface area contributed by atoms with Crippen LogP contribution in [-0.2, 0) is 11.2 Å². The van der Waals surface area contributed by atoms with E-state index in [-0.39, 0.29) is 0 Å². The maximum absolute atomic E-state index is 5.07. The molecular weight excluding hydrogens is 140 g/mol. The van der Waals surface area contributed by atoms with E-state index in [1.165, 1.54) is 0 Å². The Kier molecular flexibility index (Phi) is 1.58. The second kappa shape index (κ2) is 2.58. The van der Waals surface area contributed by atoms with Gasteiger partial charge in [-0.25, -0.2) is 0 Å². The molecule has 1 aliphatic heterocycles. The zero-order valence-corrected chi connectivity index (χ0v) is 6.45. The van der Waals surface area contributed by atoms with Crippen molar-refractivity contribution in [2.45, 2.75) is 19.4 Å². The van der Waals surface area contributed by atoms with Crippen LogP contribution in [-0.4, -0.2) is 22.7 Å². The van der Waals surface area contributed by atoms with Gasteiger partial charge in [0.05, 0.1) is 24.1 Å². The monoisotopic (exact) mass is 150 g/mol. The van der Waals surface area contributed by atoms with Gasteiger partial charge in [0.15, 0.2) is 0 Å². The molecule has 1 saturated heterocycles.